The van der Waals surface area contributed by atoms with Gasteiger partial charge in [0.2, 0.25) is 12.7 Å². The van der Waals surface area contributed by atoms with Gasteiger partial charge in [0.25, 0.3) is 0 Å². The van der Waals surface area contributed by atoms with Crippen molar-refractivity contribution >= 4 is 46.0 Å². The summed E-state index contributed by atoms with van der Waals surface area (Å²) in [5.41, 5.74) is 13.3. The van der Waals surface area contributed by atoms with Crippen molar-refractivity contribution in [3.05, 3.63) is 30.0 Å². The van der Waals surface area contributed by atoms with Crippen molar-refractivity contribution in [1.82, 2.24) is 24.5 Å². The van der Waals surface area contributed by atoms with Gasteiger partial charge in [0, 0.05) is 35.0 Å². The topological polar surface area (TPSA) is 144 Å². The second-order valence-electron chi connectivity index (χ2n) is 6.33. The Labute approximate surface area is 178 Å². The van der Waals surface area contributed by atoms with Crippen LogP contribution in [0.4, 0.5) is 5.82 Å². The van der Waals surface area contributed by atoms with Gasteiger partial charge in [-0.3, -0.25) is 4.79 Å². The number of rotatable bonds is 6. The number of imidazole rings is 1. The van der Waals surface area contributed by atoms with Crippen LogP contribution in [0.15, 0.2) is 40.1 Å². The third-order valence-corrected chi connectivity index (χ3v) is 6.30. The molecule has 0 spiro atoms. The minimum atomic E-state index is -0.415. The highest BCUT2D eigenvalue weighted by Crippen LogP contribution is 2.45. The molecule has 0 bridgehead atoms. The summed E-state index contributed by atoms with van der Waals surface area (Å²) in [6.07, 6.45) is 3.26. The van der Waals surface area contributed by atoms with E-state index in [2.05, 4.69) is 19.9 Å². The lowest BCUT2D eigenvalue weighted by Crippen LogP contribution is -2.14. The van der Waals surface area contributed by atoms with Gasteiger partial charge in [0.05, 0.1) is 0 Å². The SMILES string of the molecule is NC(=O)CCn1c(Sc2cc3c(cc2-c2nccs2)OCO3)nc2c(N)ncnc21. The van der Waals surface area contributed by atoms with Crippen molar-refractivity contribution in [3.63, 3.8) is 0 Å². The lowest BCUT2D eigenvalue weighted by atomic mass is 10.2. The van der Waals surface area contributed by atoms with Gasteiger partial charge >= 0.3 is 0 Å². The van der Waals surface area contributed by atoms with Crippen LogP contribution in [-0.4, -0.2) is 37.2 Å². The molecule has 152 valence electrons. The normalized spacial score (nSPS) is 12.5. The number of hydrogen-bond donors (Lipinski definition) is 2. The molecule has 0 saturated heterocycles. The molecule has 4 aromatic rings. The largest absolute Gasteiger partial charge is 0.454 e. The van der Waals surface area contributed by atoms with Gasteiger partial charge in [-0.2, -0.15) is 0 Å². The summed E-state index contributed by atoms with van der Waals surface area (Å²) < 4.78 is 12.9. The molecule has 5 rings (SSSR count). The van der Waals surface area contributed by atoms with Crippen molar-refractivity contribution in [3.8, 4) is 22.1 Å². The summed E-state index contributed by atoms with van der Waals surface area (Å²) in [5, 5.41) is 3.36. The van der Waals surface area contributed by atoms with Gasteiger partial charge in [0.15, 0.2) is 33.6 Å². The fourth-order valence-electron chi connectivity index (χ4n) is 3.07. The zero-order valence-electron chi connectivity index (χ0n) is 15.4. The minimum Gasteiger partial charge on any atom is -0.454 e. The van der Waals surface area contributed by atoms with E-state index >= 15 is 0 Å². The predicted molar refractivity (Wildman–Crippen MR) is 111 cm³/mol. The highest BCUT2D eigenvalue weighted by molar-refractivity contribution is 7.99. The Hall–Kier alpha value is -3.38. The van der Waals surface area contributed by atoms with Gasteiger partial charge < -0.3 is 25.5 Å². The molecule has 0 unspecified atom stereocenters. The van der Waals surface area contributed by atoms with E-state index in [1.54, 1.807) is 6.20 Å². The van der Waals surface area contributed by atoms with Crippen molar-refractivity contribution < 1.29 is 14.3 Å². The standard InChI is InChI=1S/C18H15N7O3S2/c19-13(26)1-3-25-16-14(15(20)22-7-23-16)24-18(25)30-12-6-11-10(27-8-28-11)5-9(12)17-21-2-4-29-17/h2,4-7H,1,3,8H2,(H2,19,26)(H2,20,22,23). The minimum absolute atomic E-state index is 0.142. The molecular weight excluding hydrogens is 426 g/mol. The molecule has 1 aliphatic rings. The van der Waals surface area contributed by atoms with E-state index in [0.29, 0.717) is 34.4 Å². The lowest BCUT2D eigenvalue weighted by molar-refractivity contribution is -0.118. The molecule has 10 nitrogen and oxygen atoms in total. The molecule has 3 aromatic heterocycles. The van der Waals surface area contributed by atoms with Gasteiger partial charge in [-0.25, -0.2) is 19.9 Å². The molecule has 1 aromatic carbocycles. The van der Waals surface area contributed by atoms with E-state index in [0.717, 1.165) is 15.5 Å². The summed E-state index contributed by atoms with van der Waals surface area (Å²) in [4.78, 5) is 29.6. The number of nitrogens with zero attached hydrogens (tertiary/aromatic N) is 5. The first-order chi connectivity index (χ1) is 14.6. The van der Waals surface area contributed by atoms with Crippen LogP contribution in [0.2, 0.25) is 0 Å². The first-order valence-electron chi connectivity index (χ1n) is 8.86. The third-order valence-electron chi connectivity index (χ3n) is 4.45. The monoisotopic (exact) mass is 441 g/mol. The Morgan fingerprint density at radius 2 is 2.07 bits per heavy atom. The number of hydrogen-bond acceptors (Lipinski definition) is 10. The van der Waals surface area contributed by atoms with E-state index < -0.39 is 5.91 Å². The molecule has 0 aliphatic carbocycles. The van der Waals surface area contributed by atoms with Crippen LogP contribution in [0.1, 0.15) is 6.42 Å². The van der Waals surface area contributed by atoms with Crippen molar-refractivity contribution in [2.24, 2.45) is 5.73 Å². The van der Waals surface area contributed by atoms with E-state index in [-0.39, 0.29) is 19.0 Å². The van der Waals surface area contributed by atoms with E-state index in [9.17, 15) is 4.79 Å². The van der Waals surface area contributed by atoms with Crippen LogP contribution in [0.5, 0.6) is 11.5 Å². The number of nitrogens with two attached hydrogens (primary N) is 2. The Kier molecular flexibility index (Phi) is 4.64. The molecule has 4 heterocycles. The average molecular weight is 441 g/mol. The number of aryl methyl sites for hydroxylation is 1. The number of anilines is 1. The van der Waals surface area contributed by atoms with Crippen LogP contribution in [0, 0.1) is 0 Å². The summed E-state index contributed by atoms with van der Waals surface area (Å²) in [7, 11) is 0. The maximum Gasteiger partial charge on any atom is 0.231 e. The van der Waals surface area contributed by atoms with E-state index in [1.165, 1.54) is 29.4 Å². The molecule has 0 fully saturated rings. The third kappa shape index (κ3) is 3.29. The predicted octanol–water partition coefficient (Wildman–Crippen LogP) is 2.29. The molecular formula is C18H15N7O3S2. The number of fused-ring (bicyclic) bond motifs is 2. The zero-order chi connectivity index (χ0) is 20.7. The Balaban J connectivity index is 1.63. The van der Waals surface area contributed by atoms with Gasteiger partial charge in [0.1, 0.15) is 11.3 Å². The van der Waals surface area contributed by atoms with Gasteiger partial charge in [-0.05, 0) is 12.1 Å². The van der Waals surface area contributed by atoms with Crippen molar-refractivity contribution in [2.75, 3.05) is 12.5 Å². The molecule has 1 amide bonds. The molecule has 1 aliphatic heterocycles. The number of amides is 1. The molecule has 0 saturated carbocycles. The average Bonchev–Trinajstić information content (AvgIpc) is 3.46. The highest BCUT2D eigenvalue weighted by Gasteiger charge is 2.23. The summed E-state index contributed by atoms with van der Waals surface area (Å²) in [5.74, 6) is 1.17. The van der Waals surface area contributed by atoms with Crippen LogP contribution >= 0.6 is 23.1 Å². The second-order valence-corrected chi connectivity index (χ2v) is 8.24. The van der Waals surface area contributed by atoms with Crippen LogP contribution in [-0.2, 0) is 11.3 Å². The first kappa shape index (κ1) is 18.6. The van der Waals surface area contributed by atoms with E-state index in [1.807, 2.05) is 22.1 Å². The van der Waals surface area contributed by atoms with E-state index in [4.69, 9.17) is 20.9 Å². The number of thiazole rings is 1. The smallest absolute Gasteiger partial charge is 0.231 e. The maximum absolute atomic E-state index is 11.4. The molecule has 30 heavy (non-hydrogen) atoms. The first-order valence-corrected chi connectivity index (χ1v) is 10.6. The second kappa shape index (κ2) is 7.46. The van der Waals surface area contributed by atoms with Crippen LogP contribution in [0.25, 0.3) is 21.7 Å². The number of ether oxygens (including phenoxy) is 2. The number of benzene rings is 1. The van der Waals surface area contributed by atoms with Gasteiger partial charge in [-0.15, -0.1) is 11.3 Å². The number of nitrogen functional groups attached to an aromatic ring is 1. The molecule has 12 heteroatoms. The lowest BCUT2D eigenvalue weighted by Gasteiger charge is -2.10. The highest BCUT2D eigenvalue weighted by atomic mass is 32.2. The van der Waals surface area contributed by atoms with Crippen LogP contribution < -0.4 is 20.9 Å². The number of primary amides is 1. The fourth-order valence-corrected chi connectivity index (χ4v) is 4.85. The summed E-state index contributed by atoms with van der Waals surface area (Å²) >= 11 is 2.92. The maximum atomic E-state index is 11.4. The van der Waals surface area contributed by atoms with Crippen LogP contribution in [0.3, 0.4) is 0 Å². The quantitative estimate of drug-likeness (QED) is 0.460. The molecule has 0 atom stereocenters. The number of carbonyl (C=O) groups excluding carboxylic acids is 1. The molecule has 4 N–H and O–H groups in total. The zero-order valence-corrected chi connectivity index (χ0v) is 17.1. The number of aromatic nitrogens is 5. The molecule has 0 radical (unpaired) electrons. The Morgan fingerprint density at radius 3 is 2.83 bits per heavy atom. The number of carbonyl (C=O) groups is 1. The Bertz CT molecular complexity index is 1260. The fraction of sp³-hybridized carbons (Fsp3) is 0.167. The summed E-state index contributed by atoms with van der Waals surface area (Å²) in [6, 6.07) is 3.81. The summed E-state index contributed by atoms with van der Waals surface area (Å²) in [6.45, 7) is 0.492. The Morgan fingerprint density at radius 1 is 1.23 bits per heavy atom. The van der Waals surface area contributed by atoms with Crippen molar-refractivity contribution in [2.45, 2.75) is 23.0 Å². The van der Waals surface area contributed by atoms with Crippen molar-refractivity contribution in [1.29, 1.82) is 0 Å². The van der Waals surface area contributed by atoms with Gasteiger partial charge in [-0.1, -0.05) is 11.8 Å².